The largest absolute Gasteiger partial charge is 0.497 e. The van der Waals surface area contributed by atoms with E-state index >= 15 is 0 Å². The molecule has 3 rings (SSSR count). The van der Waals surface area contributed by atoms with Crippen LogP contribution in [0, 0.1) is 0 Å². The Bertz CT molecular complexity index is 946. The lowest BCUT2D eigenvalue weighted by molar-refractivity contribution is -0.120. The van der Waals surface area contributed by atoms with E-state index in [1.165, 1.54) is 5.56 Å². The zero-order valence-electron chi connectivity index (χ0n) is 16.5. The molecule has 1 heterocycles. The van der Waals surface area contributed by atoms with E-state index < -0.39 is 0 Å². The molecule has 0 fully saturated rings. The van der Waals surface area contributed by atoms with Crippen molar-refractivity contribution in [2.75, 3.05) is 14.2 Å². The second-order valence-electron chi connectivity index (χ2n) is 6.23. The lowest BCUT2D eigenvalue weighted by Crippen LogP contribution is -2.30. The van der Waals surface area contributed by atoms with Crippen LogP contribution in [-0.4, -0.2) is 35.5 Å². The number of ether oxygens (including phenoxy) is 2. The highest BCUT2D eigenvalue weighted by Gasteiger charge is 2.17. The lowest BCUT2D eigenvalue weighted by Gasteiger charge is -2.10. The SMILES string of the molecule is COc1ccc(-c2noc(CNC(=O)[C@H](C)SCc3ccccc3)n2)c(OC)c1. The minimum Gasteiger partial charge on any atom is -0.497 e. The molecule has 0 unspecified atom stereocenters. The number of carbonyl (C=O) groups is 1. The molecule has 8 heteroatoms. The Morgan fingerprint density at radius 2 is 1.97 bits per heavy atom. The molecule has 0 aliphatic rings. The molecular weight excluding hydrogens is 390 g/mol. The summed E-state index contributed by atoms with van der Waals surface area (Å²) in [6.45, 7) is 2.05. The van der Waals surface area contributed by atoms with Crippen molar-refractivity contribution in [1.29, 1.82) is 0 Å². The molecule has 0 spiro atoms. The Kier molecular flexibility index (Phi) is 7.13. The van der Waals surface area contributed by atoms with Crippen LogP contribution in [0.4, 0.5) is 0 Å². The summed E-state index contributed by atoms with van der Waals surface area (Å²) in [6.07, 6.45) is 0. The number of benzene rings is 2. The zero-order valence-corrected chi connectivity index (χ0v) is 17.4. The van der Waals surface area contributed by atoms with Crippen LogP contribution in [0.15, 0.2) is 53.1 Å². The number of amides is 1. The van der Waals surface area contributed by atoms with Gasteiger partial charge < -0.3 is 19.3 Å². The molecule has 1 atom stereocenters. The molecule has 0 aliphatic carbocycles. The standard InChI is InChI=1S/C21H23N3O4S/c1-14(29-13-15-7-5-4-6-8-15)21(25)22-12-19-23-20(24-28-19)17-10-9-16(26-2)11-18(17)27-3/h4-11,14H,12-13H2,1-3H3,(H,22,25)/t14-/m0/s1. The summed E-state index contributed by atoms with van der Waals surface area (Å²) < 4.78 is 15.8. The second-order valence-corrected chi connectivity index (χ2v) is 7.56. The Balaban J connectivity index is 1.55. The van der Waals surface area contributed by atoms with Crippen LogP contribution < -0.4 is 14.8 Å². The van der Waals surface area contributed by atoms with E-state index in [4.69, 9.17) is 14.0 Å². The predicted molar refractivity (Wildman–Crippen MR) is 112 cm³/mol. The van der Waals surface area contributed by atoms with Crippen molar-refractivity contribution in [3.05, 3.63) is 60.0 Å². The van der Waals surface area contributed by atoms with Gasteiger partial charge in [0, 0.05) is 11.8 Å². The normalized spacial score (nSPS) is 11.7. The number of aromatic nitrogens is 2. The Hall–Kier alpha value is -3.00. The van der Waals surface area contributed by atoms with Gasteiger partial charge in [-0.3, -0.25) is 4.79 Å². The van der Waals surface area contributed by atoms with Crippen molar-refractivity contribution in [3.63, 3.8) is 0 Å². The summed E-state index contributed by atoms with van der Waals surface area (Å²) in [7, 11) is 3.15. The van der Waals surface area contributed by atoms with Gasteiger partial charge in [-0.05, 0) is 24.6 Å². The van der Waals surface area contributed by atoms with E-state index in [9.17, 15) is 4.79 Å². The highest BCUT2D eigenvalue weighted by atomic mass is 32.2. The van der Waals surface area contributed by atoms with Crippen LogP contribution in [0.3, 0.4) is 0 Å². The fourth-order valence-electron chi connectivity index (χ4n) is 2.60. The molecule has 0 saturated carbocycles. The summed E-state index contributed by atoms with van der Waals surface area (Å²) in [5.41, 5.74) is 1.87. The predicted octanol–water partition coefficient (Wildman–Crippen LogP) is 3.69. The van der Waals surface area contributed by atoms with E-state index in [2.05, 4.69) is 15.5 Å². The van der Waals surface area contributed by atoms with Crippen molar-refractivity contribution in [2.24, 2.45) is 0 Å². The third kappa shape index (κ3) is 5.51. The molecule has 0 bridgehead atoms. The number of methoxy groups -OCH3 is 2. The van der Waals surface area contributed by atoms with Crippen LogP contribution in [0.5, 0.6) is 11.5 Å². The highest BCUT2D eigenvalue weighted by molar-refractivity contribution is 7.99. The molecule has 1 amide bonds. The molecule has 0 saturated heterocycles. The minimum atomic E-state index is -0.195. The highest BCUT2D eigenvalue weighted by Crippen LogP contribution is 2.31. The third-order valence-electron chi connectivity index (χ3n) is 4.24. The van der Waals surface area contributed by atoms with Crippen LogP contribution in [0.25, 0.3) is 11.4 Å². The first kappa shape index (κ1) is 20.7. The van der Waals surface area contributed by atoms with E-state index in [0.29, 0.717) is 28.8 Å². The van der Waals surface area contributed by atoms with Crippen LogP contribution in [0.2, 0.25) is 0 Å². The summed E-state index contributed by atoms with van der Waals surface area (Å²) in [5.74, 6) is 2.66. The first-order chi connectivity index (χ1) is 14.1. The quantitative estimate of drug-likeness (QED) is 0.572. The molecule has 0 radical (unpaired) electrons. The Labute approximate surface area is 173 Å². The van der Waals surface area contributed by atoms with Gasteiger partial charge >= 0.3 is 0 Å². The summed E-state index contributed by atoms with van der Waals surface area (Å²) in [5, 5.41) is 6.63. The topological polar surface area (TPSA) is 86.5 Å². The first-order valence-corrected chi connectivity index (χ1v) is 10.1. The maximum absolute atomic E-state index is 12.3. The Morgan fingerprint density at radius 3 is 2.69 bits per heavy atom. The fourth-order valence-corrected chi connectivity index (χ4v) is 3.47. The number of nitrogens with zero attached hydrogens (tertiary/aromatic N) is 2. The zero-order chi connectivity index (χ0) is 20.6. The first-order valence-electron chi connectivity index (χ1n) is 9.09. The minimum absolute atomic E-state index is 0.0762. The number of carbonyl (C=O) groups excluding carboxylic acids is 1. The van der Waals surface area contributed by atoms with Gasteiger partial charge in [0.1, 0.15) is 11.5 Å². The van der Waals surface area contributed by atoms with Gasteiger partial charge in [0.2, 0.25) is 17.6 Å². The van der Waals surface area contributed by atoms with Gasteiger partial charge in [-0.25, -0.2) is 0 Å². The van der Waals surface area contributed by atoms with Gasteiger partial charge in [0.15, 0.2) is 0 Å². The lowest BCUT2D eigenvalue weighted by atomic mass is 10.2. The van der Waals surface area contributed by atoms with E-state index in [0.717, 1.165) is 5.75 Å². The molecular formula is C21H23N3O4S. The molecule has 1 N–H and O–H groups in total. The second kappa shape index (κ2) is 9.97. The van der Waals surface area contributed by atoms with Crippen molar-refractivity contribution in [2.45, 2.75) is 24.5 Å². The van der Waals surface area contributed by atoms with Gasteiger partial charge in [-0.1, -0.05) is 35.5 Å². The monoisotopic (exact) mass is 413 g/mol. The van der Waals surface area contributed by atoms with Gasteiger partial charge in [-0.2, -0.15) is 4.98 Å². The summed E-state index contributed by atoms with van der Waals surface area (Å²) >= 11 is 1.58. The summed E-state index contributed by atoms with van der Waals surface area (Å²) in [6, 6.07) is 15.4. The van der Waals surface area contributed by atoms with Crippen molar-refractivity contribution in [3.8, 4) is 22.9 Å². The molecule has 7 nitrogen and oxygen atoms in total. The number of thioether (sulfide) groups is 1. The van der Waals surface area contributed by atoms with Crippen LogP contribution in [-0.2, 0) is 17.1 Å². The van der Waals surface area contributed by atoms with E-state index in [1.54, 1.807) is 44.2 Å². The number of nitrogens with one attached hydrogen (secondary N) is 1. The van der Waals surface area contributed by atoms with Gasteiger partial charge in [0.05, 0.1) is 31.6 Å². The van der Waals surface area contributed by atoms with Crippen LogP contribution >= 0.6 is 11.8 Å². The fraction of sp³-hybridized carbons (Fsp3) is 0.286. The molecule has 0 aliphatic heterocycles. The summed E-state index contributed by atoms with van der Waals surface area (Å²) in [4.78, 5) is 16.7. The van der Waals surface area contributed by atoms with Gasteiger partial charge in [-0.15, -0.1) is 11.8 Å². The van der Waals surface area contributed by atoms with Crippen molar-refractivity contribution >= 4 is 17.7 Å². The van der Waals surface area contributed by atoms with Crippen molar-refractivity contribution in [1.82, 2.24) is 15.5 Å². The molecule has 2 aromatic carbocycles. The average Bonchev–Trinajstić information content (AvgIpc) is 3.24. The number of hydrogen-bond donors (Lipinski definition) is 1. The van der Waals surface area contributed by atoms with E-state index in [1.807, 2.05) is 37.3 Å². The molecule has 152 valence electrons. The third-order valence-corrected chi connectivity index (χ3v) is 5.46. The molecule has 3 aromatic rings. The number of rotatable bonds is 9. The smallest absolute Gasteiger partial charge is 0.246 e. The maximum Gasteiger partial charge on any atom is 0.246 e. The van der Waals surface area contributed by atoms with Gasteiger partial charge in [0.25, 0.3) is 0 Å². The molecule has 29 heavy (non-hydrogen) atoms. The Morgan fingerprint density at radius 1 is 1.17 bits per heavy atom. The molecule has 1 aromatic heterocycles. The average molecular weight is 413 g/mol. The maximum atomic E-state index is 12.3. The van der Waals surface area contributed by atoms with Crippen LogP contribution in [0.1, 0.15) is 18.4 Å². The number of hydrogen-bond acceptors (Lipinski definition) is 7. The van der Waals surface area contributed by atoms with E-state index in [-0.39, 0.29) is 17.7 Å². The van der Waals surface area contributed by atoms with Crippen molar-refractivity contribution < 1.29 is 18.8 Å².